The number of carbonyl (C=O) groups is 2. The molecule has 0 radical (unpaired) electrons. The monoisotopic (exact) mass is 468 g/mol. The molecule has 2 aliphatic heterocycles. The normalized spacial score (nSPS) is 19.1. The molecule has 0 spiro atoms. The number of aliphatic hydroxyl groups is 1. The van der Waals surface area contributed by atoms with Gasteiger partial charge in [0.25, 0.3) is 5.91 Å². The minimum atomic E-state index is -1.35. The molecular formula is C25H28N2O7. The maximum Gasteiger partial charge on any atom is 0.416 e. The number of amides is 2. The van der Waals surface area contributed by atoms with Gasteiger partial charge in [-0.3, -0.25) is 4.79 Å². The van der Waals surface area contributed by atoms with Gasteiger partial charge in [-0.05, 0) is 42.2 Å². The van der Waals surface area contributed by atoms with E-state index in [1.807, 2.05) is 31.2 Å². The number of carbonyl (C=O) groups excluding carboxylic acids is 2. The van der Waals surface area contributed by atoms with Crippen molar-refractivity contribution in [2.75, 3.05) is 32.8 Å². The predicted molar refractivity (Wildman–Crippen MR) is 125 cm³/mol. The third kappa shape index (κ3) is 4.03. The van der Waals surface area contributed by atoms with Crippen LogP contribution in [-0.2, 0) is 4.74 Å². The number of hydrogen-bond donors (Lipinski definition) is 1. The van der Waals surface area contributed by atoms with Gasteiger partial charge in [-0.25, -0.2) is 9.69 Å². The molecule has 0 aromatic heterocycles. The average molecular weight is 469 g/mol. The van der Waals surface area contributed by atoms with Gasteiger partial charge in [-0.1, -0.05) is 19.1 Å². The van der Waals surface area contributed by atoms with E-state index in [2.05, 4.69) is 0 Å². The fraction of sp³-hybridized carbons (Fsp3) is 0.360. The molecule has 0 saturated heterocycles. The molecule has 0 saturated carbocycles. The van der Waals surface area contributed by atoms with Gasteiger partial charge in [0.2, 0.25) is 0 Å². The molecule has 0 aliphatic carbocycles. The van der Waals surface area contributed by atoms with E-state index in [0.717, 1.165) is 16.0 Å². The van der Waals surface area contributed by atoms with Gasteiger partial charge < -0.3 is 29.0 Å². The van der Waals surface area contributed by atoms with Crippen LogP contribution in [-0.4, -0.2) is 62.2 Å². The van der Waals surface area contributed by atoms with Crippen LogP contribution in [0.1, 0.15) is 35.7 Å². The average Bonchev–Trinajstić information content (AvgIpc) is 3.29. The van der Waals surface area contributed by atoms with E-state index in [4.69, 9.17) is 18.9 Å². The van der Waals surface area contributed by atoms with E-state index in [1.165, 1.54) is 31.3 Å². The molecule has 2 unspecified atom stereocenters. The highest BCUT2D eigenvalue weighted by atomic mass is 16.6. The number of hydrogen-bond acceptors (Lipinski definition) is 7. The zero-order valence-corrected chi connectivity index (χ0v) is 19.6. The van der Waals surface area contributed by atoms with Crippen LogP contribution in [0.25, 0.3) is 5.57 Å². The Bertz CT molecular complexity index is 1110. The summed E-state index contributed by atoms with van der Waals surface area (Å²) in [6.07, 6.45) is 0.597. The molecule has 1 N–H and O–H groups in total. The first-order valence-electron chi connectivity index (χ1n) is 11.0. The molecular weight excluding hydrogens is 440 g/mol. The lowest BCUT2D eigenvalue weighted by Gasteiger charge is -2.31. The Morgan fingerprint density at radius 3 is 2.35 bits per heavy atom. The largest absolute Gasteiger partial charge is 0.497 e. The number of methoxy groups -OCH3 is 3. The van der Waals surface area contributed by atoms with E-state index in [-0.39, 0.29) is 23.8 Å². The first-order valence-corrected chi connectivity index (χ1v) is 11.0. The van der Waals surface area contributed by atoms with Gasteiger partial charge in [0.1, 0.15) is 5.75 Å². The first-order chi connectivity index (χ1) is 16.4. The summed E-state index contributed by atoms with van der Waals surface area (Å²) in [5, 5.41) is 11.4. The highest BCUT2D eigenvalue weighted by molar-refractivity contribution is 6.07. The quantitative estimate of drug-likeness (QED) is 0.691. The van der Waals surface area contributed by atoms with Crippen molar-refractivity contribution >= 4 is 23.3 Å². The lowest BCUT2D eigenvalue weighted by Crippen LogP contribution is -2.50. The number of nitrogens with zero attached hydrogens (tertiary/aromatic N) is 2. The van der Waals surface area contributed by atoms with E-state index < -0.39 is 18.4 Å². The number of ether oxygens (including phenoxy) is 4. The molecule has 2 atom stereocenters. The van der Waals surface area contributed by atoms with Gasteiger partial charge in [-0.2, -0.15) is 0 Å². The highest BCUT2D eigenvalue weighted by Crippen LogP contribution is 2.43. The molecule has 4 rings (SSSR count). The topological polar surface area (TPSA) is 97.8 Å². The summed E-state index contributed by atoms with van der Waals surface area (Å²) in [4.78, 5) is 29.3. The Morgan fingerprint density at radius 1 is 1.06 bits per heavy atom. The summed E-state index contributed by atoms with van der Waals surface area (Å²) in [6, 6.07) is 9.77. The number of rotatable bonds is 6. The fourth-order valence-corrected chi connectivity index (χ4v) is 4.25. The van der Waals surface area contributed by atoms with Crippen molar-refractivity contribution in [1.82, 2.24) is 4.90 Å². The van der Waals surface area contributed by atoms with Gasteiger partial charge in [0, 0.05) is 12.3 Å². The van der Waals surface area contributed by atoms with E-state index >= 15 is 0 Å². The van der Waals surface area contributed by atoms with E-state index in [9.17, 15) is 14.7 Å². The molecule has 2 heterocycles. The summed E-state index contributed by atoms with van der Waals surface area (Å²) in [5.74, 6) is 1.01. The lowest BCUT2D eigenvalue weighted by molar-refractivity contribution is 0.0552. The summed E-state index contributed by atoms with van der Waals surface area (Å²) in [5.41, 5.74) is 2.14. The molecule has 180 valence electrons. The van der Waals surface area contributed by atoms with Crippen LogP contribution in [0.3, 0.4) is 0 Å². The van der Waals surface area contributed by atoms with Crippen molar-refractivity contribution in [2.45, 2.75) is 32.0 Å². The van der Waals surface area contributed by atoms with E-state index in [0.29, 0.717) is 30.1 Å². The smallest absolute Gasteiger partial charge is 0.416 e. The van der Waals surface area contributed by atoms with Crippen LogP contribution in [0.15, 0.2) is 42.6 Å². The Morgan fingerprint density at radius 2 is 1.74 bits per heavy atom. The number of benzene rings is 2. The van der Waals surface area contributed by atoms with Crippen LogP contribution in [0.5, 0.6) is 17.2 Å². The fourth-order valence-electron chi connectivity index (χ4n) is 4.25. The van der Waals surface area contributed by atoms with Crippen molar-refractivity contribution in [2.24, 2.45) is 0 Å². The van der Waals surface area contributed by atoms with Crippen molar-refractivity contribution in [3.05, 3.63) is 53.7 Å². The second-order valence-electron chi connectivity index (χ2n) is 7.99. The molecule has 2 aliphatic rings. The van der Waals surface area contributed by atoms with E-state index in [1.54, 1.807) is 13.3 Å². The Hall–Kier alpha value is -3.72. The molecule has 9 nitrogen and oxygen atoms in total. The second kappa shape index (κ2) is 9.64. The molecule has 34 heavy (non-hydrogen) atoms. The third-order valence-corrected chi connectivity index (χ3v) is 6.00. The van der Waals surface area contributed by atoms with Crippen molar-refractivity contribution in [1.29, 1.82) is 0 Å². The van der Waals surface area contributed by atoms with Gasteiger partial charge >= 0.3 is 6.09 Å². The van der Waals surface area contributed by atoms with Crippen LogP contribution in [0, 0.1) is 0 Å². The standard InChI is InChI=1S/C25H28N2O7/c1-5-10-34-25(30)27-19-13-22(33-4)21(32-3)12-18(19)23(28)26-14-16(11-20(26)24(27)29)15-6-8-17(31-2)9-7-15/h6-9,12-14,20,24,29H,5,10-11H2,1-4H3. The molecule has 0 fully saturated rings. The van der Waals surface area contributed by atoms with Crippen LogP contribution in [0.2, 0.25) is 0 Å². The Kier molecular flexibility index (Phi) is 6.65. The van der Waals surface area contributed by atoms with Crippen molar-refractivity contribution in [3.8, 4) is 17.2 Å². The van der Waals surface area contributed by atoms with Crippen LogP contribution in [0.4, 0.5) is 10.5 Å². The minimum Gasteiger partial charge on any atom is -0.497 e. The summed E-state index contributed by atoms with van der Waals surface area (Å²) >= 11 is 0. The first kappa shape index (κ1) is 23.4. The molecule has 2 amide bonds. The summed E-state index contributed by atoms with van der Waals surface area (Å²) in [7, 11) is 4.52. The lowest BCUT2D eigenvalue weighted by atomic mass is 10.0. The number of fused-ring (bicyclic) bond motifs is 2. The van der Waals surface area contributed by atoms with Crippen LogP contribution < -0.4 is 19.1 Å². The predicted octanol–water partition coefficient (Wildman–Crippen LogP) is 3.65. The van der Waals surface area contributed by atoms with Gasteiger partial charge in [0.15, 0.2) is 17.7 Å². The van der Waals surface area contributed by atoms with Gasteiger partial charge in [-0.15, -0.1) is 0 Å². The summed E-state index contributed by atoms with van der Waals surface area (Å²) in [6.45, 7) is 2.06. The molecule has 9 heteroatoms. The highest BCUT2D eigenvalue weighted by Gasteiger charge is 2.45. The zero-order valence-electron chi connectivity index (χ0n) is 19.6. The second-order valence-corrected chi connectivity index (χ2v) is 7.99. The van der Waals surface area contributed by atoms with Gasteiger partial charge in [0.05, 0.1) is 45.2 Å². The minimum absolute atomic E-state index is 0.183. The van der Waals surface area contributed by atoms with Crippen molar-refractivity contribution < 1.29 is 33.6 Å². The molecule has 2 aromatic rings. The van der Waals surface area contributed by atoms with Crippen molar-refractivity contribution in [3.63, 3.8) is 0 Å². The number of aliphatic hydroxyl groups excluding tert-OH is 1. The SMILES string of the molecule is CCCOC(=O)N1c2cc(OC)c(OC)cc2C(=O)N2C=C(c3ccc(OC)cc3)CC2C1O. The van der Waals surface area contributed by atoms with Crippen LogP contribution >= 0.6 is 0 Å². The zero-order chi connectivity index (χ0) is 24.4. The number of anilines is 1. The Labute approximate surface area is 198 Å². The third-order valence-electron chi connectivity index (χ3n) is 6.00. The Balaban J connectivity index is 1.81. The molecule has 2 aromatic carbocycles. The maximum absolute atomic E-state index is 13.7. The maximum atomic E-state index is 13.7. The summed E-state index contributed by atoms with van der Waals surface area (Å²) < 4.78 is 21.3. The molecule has 0 bridgehead atoms.